The molecule has 1 saturated carbocycles. The molecule has 1 aliphatic carbocycles. The van der Waals surface area contributed by atoms with Gasteiger partial charge in [-0.3, -0.25) is 4.79 Å². The molecule has 0 aromatic heterocycles. The number of carbonyl (C=O) groups is 1. The second-order valence-corrected chi connectivity index (χ2v) is 9.06. The van der Waals surface area contributed by atoms with Gasteiger partial charge in [0, 0.05) is 25.7 Å². The van der Waals surface area contributed by atoms with Crippen molar-refractivity contribution in [1.29, 1.82) is 0 Å². The largest absolute Gasteiger partial charge is 0.353 e. The molecule has 1 atom stereocenters. The second kappa shape index (κ2) is 9.73. The van der Waals surface area contributed by atoms with Gasteiger partial charge < -0.3 is 10.6 Å². The van der Waals surface area contributed by atoms with Gasteiger partial charge in [-0.15, -0.1) is 0 Å². The molecule has 24 heavy (non-hydrogen) atoms. The number of carbonyl (C=O) groups excluding carboxylic acids is 1. The SMILES string of the molecule is CCCS(=O)(=O)N1CCCC1C(=O)NCCNC1CCCCCC1. The molecule has 1 unspecified atom stereocenters. The van der Waals surface area contributed by atoms with E-state index in [0.717, 1.165) is 13.0 Å². The summed E-state index contributed by atoms with van der Waals surface area (Å²) in [7, 11) is -3.30. The standard InChI is InChI=1S/C17H33N3O3S/c1-2-14-24(22,23)20-13-7-10-16(20)17(21)19-12-11-18-15-8-5-3-4-6-9-15/h15-16,18H,2-14H2,1H3,(H,19,21). The Kier molecular flexibility index (Phi) is 7.97. The van der Waals surface area contributed by atoms with Gasteiger partial charge in [-0.25, -0.2) is 8.42 Å². The maximum Gasteiger partial charge on any atom is 0.238 e. The van der Waals surface area contributed by atoms with Gasteiger partial charge in [0.25, 0.3) is 0 Å². The Morgan fingerprint density at radius 1 is 1.04 bits per heavy atom. The van der Waals surface area contributed by atoms with Gasteiger partial charge in [-0.1, -0.05) is 32.6 Å². The van der Waals surface area contributed by atoms with Crippen molar-refractivity contribution < 1.29 is 13.2 Å². The Bertz CT molecular complexity index is 487. The van der Waals surface area contributed by atoms with Gasteiger partial charge in [-0.2, -0.15) is 4.31 Å². The summed E-state index contributed by atoms with van der Waals surface area (Å²) in [4.78, 5) is 12.4. The smallest absolute Gasteiger partial charge is 0.238 e. The first-order valence-corrected chi connectivity index (χ1v) is 11.2. The van der Waals surface area contributed by atoms with Crippen LogP contribution in [0.15, 0.2) is 0 Å². The Hall–Kier alpha value is -0.660. The fourth-order valence-corrected chi connectivity index (χ4v) is 5.52. The Balaban J connectivity index is 1.73. The van der Waals surface area contributed by atoms with Crippen LogP contribution in [0.1, 0.15) is 64.7 Å². The summed E-state index contributed by atoms with van der Waals surface area (Å²) >= 11 is 0. The third kappa shape index (κ3) is 5.70. The minimum absolute atomic E-state index is 0.125. The molecule has 0 aromatic rings. The van der Waals surface area contributed by atoms with E-state index in [1.807, 2.05) is 6.92 Å². The summed E-state index contributed by atoms with van der Waals surface area (Å²) in [5.74, 6) is -0.0186. The molecule has 0 aromatic carbocycles. The number of rotatable bonds is 8. The molecule has 2 N–H and O–H groups in total. The van der Waals surface area contributed by atoms with E-state index in [4.69, 9.17) is 0 Å². The zero-order chi connectivity index (χ0) is 17.4. The van der Waals surface area contributed by atoms with Crippen molar-refractivity contribution in [3.05, 3.63) is 0 Å². The molecule has 2 fully saturated rings. The molecule has 7 heteroatoms. The highest BCUT2D eigenvalue weighted by atomic mass is 32.2. The summed E-state index contributed by atoms with van der Waals surface area (Å²) in [6.07, 6.45) is 9.66. The molecule has 2 rings (SSSR count). The van der Waals surface area contributed by atoms with Crippen molar-refractivity contribution in [3.63, 3.8) is 0 Å². The lowest BCUT2D eigenvalue weighted by molar-refractivity contribution is -0.124. The lowest BCUT2D eigenvalue weighted by Crippen LogP contribution is -2.48. The highest BCUT2D eigenvalue weighted by Crippen LogP contribution is 2.22. The van der Waals surface area contributed by atoms with E-state index in [1.54, 1.807) is 0 Å². The maximum absolute atomic E-state index is 12.4. The van der Waals surface area contributed by atoms with Crippen LogP contribution >= 0.6 is 0 Å². The first-order chi connectivity index (χ1) is 11.5. The highest BCUT2D eigenvalue weighted by molar-refractivity contribution is 7.89. The van der Waals surface area contributed by atoms with E-state index in [-0.39, 0.29) is 11.7 Å². The van der Waals surface area contributed by atoms with Crippen molar-refractivity contribution in [2.75, 3.05) is 25.4 Å². The van der Waals surface area contributed by atoms with Crippen LogP contribution in [0.3, 0.4) is 0 Å². The summed E-state index contributed by atoms with van der Waals surface area (Å²) < 4.78 is 25.9. The highest BCUT2D eigenvalue weighted by Gasteiger charge is 2.37. The minimum Gasteiger partial charge on any atom is -0.353 e. The van der Waals surface area contributed by atoms with Crippen LogP contribution < -0.4 is 10.6 Å². The number of hydrogen-bond acceptors (Lipinski definition) is 4. The number of nitrogens with zero attached hydrogens (tertiary/aromatic N) is 1. The molecule has 0 bridgehead atoms. The number of nitrogens with one attached hydrogen (secondary N) is 2. The molecule has 1 saturated heterocycles. The predicted octanol–water partition coefficient (Wildman–Crippen LogP) is 1.62. The van der Waals surface area contributed by atoms with Gasteiger partial charge in [0.15, 0.2) is 0 Å². The Labute approximate surface area is 146 Å². The van der Waals surface area contributed by atoms with Crippen molar-refractivity contribution in [3.8, 4) is 0 Å². The summed E-state index contributed by atoms with van der Waals surface area (Å²) in [6, 6.07) is 0.0525. The number of sulfonamides is 1. The van der Waals surface area contributed by atoms with Gasteiger partial charge in [0.2, 0.25) is 15.9 Å². The van der Waals surface area contributed by atoms with Crippen LogP contribution in [0.5, 0.6) is 0 Å². The summed E-state index contributed by atoms with van der Waals surface area (Å²) in [5, 5.41) is 6.44. The normalized spacial score (nSPS) is 24.0. The van der Waals surface area contributed by atoms with E-state index in [9.17, 15) is 13.2 Å². The quantitative estimate of drug-likeness (QED) is 0.510. The molecule has 2 aliphatic rings. The summed E-state index contributed by atoms with van der Waals surface area (Å²) in [6.45, 7) is 3.64. The average Bonchev–Trinajstić information content (AvgIpc) is 2.91. The van der Waals surface area contributed by atoms with Crippen molar-refractivity contribution in [2.24, 2.45) is 0 Å². The Morgan fingerprint density at radius 2 is 1.75 bits per heavy atom. The van der Waals surface area contributed by atoms with Crippen LogP contribution in [0, 0.1) is 0 Å². The first-order valence-electron chi connectivity index (χ1n) is 9.55. The number of amides is 1. The van der Waals surface area contributed by atoms with E-state index < -0.39 is 16.1 Å². The average molecular weight is 360 g/mol. The van der Waals surface area contributed by atoms with E-state index >= 15 is 0 Å². The zero-order valence-corrected chi connectivity index (χ0v) is 15.7. The summed E-state index contributed by atoms with van der Waals surface area (Å²) in [5.41, 5.74) is 0. The van der Waals surface area contributed by atoms with Gasteiger partial charge in [0.1, 0.15) is 6.04 Å². The Morgan fingerprint density at radius 3 is 2.42 bits per heavy atom. The predicted molar refractivity (Wildman–Crippen MR) is 96.3 cm³/mol. The van der Waals surface area contributed by atoms with Gasteiger partial charge in [-0.05, 0) is 32.1 Å². The first kappa shape index (κ1) is 19.7. The van der Waals surface area contributed by atoms with Crippen molar-refractivity contribution in [1.82, 2.24) is 14.9 Å². The van der Waals surface area contributed by atoms with Crippen molar-refractivity contribution in [2.45, 2.75) is 76.8 Å². The van der Waals surface area contributed by atoms with E-state index in [0.29, 0.717) is 32.0 Å². The van der Waals surface area contributed by atoms with Crippen LogP contribution in [0.2, 0.25) is 0 Å². The molecule has 0 radical (unpaired) electrons. The molecule has 1 amide bonds. The zero-order valence-electron chi connectivity index (χ0n) is 14.9. The lowest BCUT2D eigenvalue weighted by Gasteiger charge is -2.23. The fraction of sp³-hybridized carbons (Fsp3) is 0.941. The van der Waals surface area contributed by atoms with Crippen LogP contribution in [-0.4, -0.2) is 56.1 Å². The monoisotopic (exact) mass is 359 g/mol. The topological polar surface area (TPSA) is 78.5 Å². The van der Waals surface area contributed by atoms with Crippen LogP contribution in [0.25, 0.3) is 0 Å². The molecule has 1 aliphatic heterocycles. The molecule has 6 nitrogen and oxygen atoms in total. The molecular formula is C17H33N3O3S. The van der Waals surface area contributed by atoms with E-state index in [2.05, 4.69) is 10.6 Å². The third-order valence-corrected chi connectivity index (χ3v) is 7.11. The van der Waals surface area contributed by atoms with Crippen molar-refractivity contribution >= 4 is 15.9 Å². The lowest BCUT2D eigenvalue weighted by atomic mass is 10.1. The third-order valence-electron chi connectivity index (χ3n) is 5.04. The van der Waals surface area contributed by atoms with Crippen LogP contribution in [0.4, 0.5) is 0 Å². The fourth-order valence-electron chi connectivity index (χ4n) is 3.77. The molecular weight excluding hydrogens is 326 g/mol. The van der Waals surface area contributed by atoms with Gasteiger partial charge >= 0.3 is 0 Å². The van der Waals surface area contributed by atoms with Crippen LogP contribution in [-0.2, 0) is 14.8 Å². The van der Waals surface area contributed by atoms with E-state index in [1.165, 1.54) is 42.8 Å². The molecule has 1 heterocycles. The maximum atomic E-state index is 12.4. The molecule has 0 spiro atoms. The minimum atomic E-state index is -3.30. The number of hydrogen-bond donors (Lipinski definition) is 2. The second-order valence-electron chi connectivity index (χ2n) is 7.02. The van der Waals surface area contributed by atoms with Gasteiger partial charge in [0.05, 0.1) is 5.75 Å². The molecule has 140 valence electrons.